The van der Waals surface area contributed by atoms with Crippen molar-refractivity contribution < 1.29 is 14.3 Å². The second-order valence-electron chi connectivity index (χ2n) is 2.03. The quantitative estimate of drug-likeness (QED) is 0.656. The van der Waals surface area contributed by atoms with Crippen molar-refractivity contribution in [2.45, 2.75) is 0 Å². The number of carbonyl (C=O) groups excluding carboxylic acids is 1. The van der Waals surface area contributed by atoms with E-state index in [4.69, 9.17) is 23.2 Å². The molecule has 0 spiro atoms. The lowest BCUT2D eigenvalue weighted by Gasteiger charge is -2.05. The van der Waals surface area contributed by atoms with Crippen LogP contribution in [0.5, 0.6) is 0 Å². The SMILES string of the molecule is O=C([O-])c1cc(F)c(Cl)cc1Cl. The van der Waals surface area contributed by atoms with Gasteiger partial charge >= 0.3 is 0 Å². The molecule has 1 rings (SSSR count). The molecule has 0 radical (unpaired) electrons. The molecule has 0 amide bonds. The van der Waals surface area contributed by atoms with Gasteiger partial charge in [-0.2, -0.15) is 0 Å². The van der Waals surface area contributed by atoms with Crippen LogP contribution in [0.1, 0.15) is 10.4 Å². The van der Waals surface area contributed by atoms with Crippen molar-refractivity contribution in [3.63, 3.8) is 0 Å². The molecule has 64 valence electrons. The van der Waals surface area contributed by atoms with Gasteiger partial charge in [0.1, 0.15) is 5.82 Å². The third-order valence-corrected chi connectivity index (χ3v) is 1.83. The molecule has 0 aliphatic heterocycles. The smallest absolute Gasteiger partial charge is 0.142 e. The van der Waals surface area contributed by atoms with Gasteiger partial charge in [0.2, 0.25) is 0 Å². The molecule has 5 heteroatoms. The summed E-state index contributed by atoms with van der Waals surface area (Å²) in [4.78, 5) is 10.3. The minimum Gasteiger partial charge on any atom is -0.545 e. The highest BCUT2D eigenvalue weighted by Crippen LogP contribution is 2.23. The Labute approximate surface area is 77.5 Å². The van der Waals surface area contributed by atoms with E-state index in [1.807, 2.05) is 0 Å². The molecule has 0 bridgehead atoms. The van der Waals surface area contributed by atoms with Crippen LogP contribution in [0.4, 0.5) is 4.39 Å². The van der Waals surface area contributed by atoms with Gasteiger partial charge in [-0.15, -0.1) is 0 Å². The van der Waals surface area contributed by atoms with Crippen LogP contribution >= 0.6 is 23.2 Å². The second-order valence-corrected chi connectivity index (χ2v) is 2.85. The van der Waals surface area contributed by atoms with Crippen LogP contribution in [0.15, 0.2) is 12.1 Å². The summed E-state index contributed by atoms with van der Waals surface area (Å²) < 4.78 is 12.6. The Balaban J connectivity index is 3.33. The molecule has 0 unspecified atom stereocenters. The average molecular weight is 208 g/mol. The van der Waals surface area contributed by atoms with Gasteiger partial charge in [0.25, 0.3) is 0 Å². The number of hydrogen-bond donors (Lipinski definition) is 0. The molecule has 0 heterocycles. The van der Waals surface area contributed by atoms with Crippen molar-refractivity contribution in [2.24, 2.45) is 0 Å². The minimum absolute atomic E-state index is 0.138. The van der Waals surface area contributed by atoms with E-state index in [0.29, 0.717) is 0 Å². The van der Waals surface area contributed by atoms with Gasteiger partial charge in [0.05, 0.1) is 16.0 Å². The van der Waals surface area contributed by atoms with E-state index in [9.17, 15) is 14.3 Å². The van der Waals surface area contributed by atoms with Gasteiger partial charge in [-0.25, -0.2) is 4.39 Å². The Morgan fingerprint density at radius 1 is 1.33 bits per heavy atom. The molecular weight excluding hydrogens is 206 g/mol. The minimum atomic E-state index is -1.53. The first kappa shape index (κ1) is 9.29. The van der Waals surface area contributed by atoms with Crippen LogP contribution < -0.4 is 5.11 Å². The van der Waals surface area contributed by atoms with E-state index < -0.39 is 17.3 Å². The molecule has 0 aliphatic rings. The Kier molecular flexibility index (Phi) is 2.55. The summed E-state index contributed by atoms with van der Waals surface area (Å²) in [5.74, 6) is -2.36. The highest BCUT2D eigenvalue weighted by Gasteiger charge is 2.06. The molecule has 2 nitrogen and oxygen atoms in total. The Hall–Kier alpha value is -0.800. The molecule has 0 saturated heterocycles. The lowest BCUT2D eigenvalue weighted by Crippen LogP contribution is -2.22. The first-order chi connectivity index (χ1) is 5.52. The predicted molar refractivity (Wildman–Crippen MR) is 40.8 cm³/mol. The normalized spacial score (nSPS) is 9.92. The van der Waals surface area contributed by atoms with Crippen molar-refractivity contribution in [1.82, 2.24) is 0 Å². The topological polar surface area (TPSA) is 40.1 Å². The first-order valence-corrected chi connectivity index (χ1v) is 3.64. The van der Waals surface area contributed by atoms with Gasteiger partial charge in [0, 0.05) is 5.56 Å². The van der Waals surface area contributed by atoms with Crippen LogP contribution in [0.2, 0.25) is 10.0 Å². The third kappa shape index (κ3) is 1.68. The third-order valence-electron chi connectivity index (χ3n) is 1.23. The molecule has 1 aromatic carbocycles. The molecule has 0 aliphatic carbocycles. The van der Waals surface area contributed by atoms with Gasteiger partial charge < -0.3 is 9.90 Å². The number of halogens is 3. The standard InChI is InChI=1S/C7H3Cl2FO2/c8-4-2-5(9)6(10)1-3(4)7(11)12/h1-2H,(H,11,12)/p-1. The Morgan fingerprint density at radius 2 is 1.92 bits per heavy atom. The summed E-state index contributed by atoms with van der Waals surface area (Å²) in [5.41, 5.74) is -0.404. The summed E-state index contributed by atoms with van der Waals surface area (Å²) in [6.45, 7) is 0. The maximum absolute atomic E-state index is 12.6. The zero-order valence-corrected chi connectivity index (χ0v) is 7.12. The molecule has 0 fully saturated rings. The number of hydrogen-bond acceptors (Lipinski definition) is 2. The fourth-order valence-corrected chi connectivity index (χ4v) is 1.14. The van der Waals surface area contributed by atoms with E-state index in [2.05, 4.69) is 0 Å². The highest BCUT2D eigenvalue weighted by molar-refractivity contribution is 6.36. The fraction of sp³-hybridized carbons (Fsp3) is 0. The summed E-state index contributed by atoms with van der Waals surface area (Å²) >= 11 is 10.7. The average Bonchev–Trinajstić information content (AvgIpc) is 1.96. The number of carbonyl (C=O) groups is 1. The zero-order chi connectivity index (χ0) is 9.30. The van der Waals surface area contributed by atoms with Crippen LogP contribution in [0, 0.1) is 5.82 Å². The largest absolute Gasteiger partial charge is 0.545 e. The van der Waals surface area contributed by atoms with Gasteiger partial charge in [-0.05, 0) is 12.1 Å². The lowest BCUT2D eigenvalue weighted by molar-refractivity contribution is -0.255. The number of aromatic carboxylic acids is 1. The number of carboxylic acid groups (broad SMARTS) is 1. The molecule has 1 aromatic rings. The van der Waals surface area contributed by atoms with Crippen molar-refractivity contribution >= 4 is 29.2 Å². The maximum Gasteiger partial charge on any atom is 0.142 e. The van der Waals surface area contributed by atoms with Gasteiger partial charge in [0.15, 0.2) is 0 Å². The Bertz CT molecular complexity index is 338. The predicted octanol–water partition coefficient (Wildman–Crippen LogP) is 1.50. The van der Waals surface area contributed by atoms with Crippen molar-refractivity contribution in [2.75, 3.05) is 0 Å². The van der Waals surface area contributed by atoms with Crippen molar-refractivity contribution in [1.29, 1.82) is 0 Å². The Morgan fingerprint density at radius 3 is 2.42 bits per heavy atom. The van der Waals surface area contributed by atoms with E-state index in [-0.39, 0.29) is 10.0 Å². The van der Waals surface area contributed by atoms with E-state index in [1.54, 1.807) is 0 Å². The lowest BCUT2D eigenvalue weighted by atomic mass is 10.2. The summed E-state index contributed by atoms with van der Waals surface area (Å²) in [6.07, 6.45) is 0. The van der Waals surface area contributed by atoms with Crippen LogP contribution in [-0.2, 0) is 0 Å². The number of rotatable bonds is 1. The summed E-state index contributed by atoms with van der Waals surface area (Å²) in [5, 5.41) is 9.92. The number of benzene rings is 1. The van der Waals surface area contributed by atoms with Gasteiger partial charge in [-0.3, -0.25) is 0 Å². The van der Waals surface area contributed by atoms with Crippen molar-refractivity contribution in [3.05, 3.63) is 33.6 Å². The molecular formula is C7H2Cl2FO2-. The summed E-state index contributed by atoms with van der Waals surface area (Å²) in [6, 6.07) is 1.74. The highest BCUT2D eigenvalue weighted by atomic mass is 35.5. The monoisotopic (exact) mass is 207 g/mol. The van der Waals surface area contributed by atoms with E-state index in [1.165, 1.54) is 0 Å². The van der Waals surface area contributed by atoms with Crippen molar-refractivity contribution in [3.8, 4) is 0 Å². The summed E-state index contributed by atoms with van der Waals surface area (Å²) in [7, 11) is 0. The van der Waals surface area contributed by atoms with Crippen LogP contribution in [0.3, 0.4) is 0 Å². The molecule has 0 aromatic heterocycles. The maximum atomic E-state index is 12.6. The van der Waals surface area contributed by atoms with E-state index >= 15 is 0 Å². The fourth-order valence-electron chi connectivity index (χ4n) is 0.679. The molecule has 0 saturated carbocycles. The number of carboxylic acids is 1. The van der Waals surface area contributed by atoms with Gasteiger partial charge in [-0.1, -0.05) is 23.2 Å². The van der Waals surface area contributed by atoms with Crippen LogP contribution in [-0.4, -0.2) is 5.97 Å². The van der Waals surface area contributed by atoms with Crippen LogP contribution in [0.25, 0.3) is 0 Å². The molecule has 0 N–H and O–H groups in total. The molecule has 0 atom stereocenters. The zero-order valence-electron chi connectivity index (χ0n) is 5.61. The first-order valence-electron chi connectivity index (χ1n) is 2.88. The molecule has 12 heavy (non-hydrogen) atoms. The van der Waals surface area contributed by atoms with E-state index in [0.717, 1.165) is 12.1 Å². The second kappa shape index (κ2) is 3.29.